The van der Waals surface area contributed by atoms with Crippen molar-refractivity contribution in [1.82, 2.24) is 10.3 Å². The molecule has 0 aliphatic carbocycles. The van der Waals surface area contributed by atoms with Crippen molar-refractivity contribution in [2.24, 2.45) is 0 Å². The summed E-state index contributed by atoms with van der Waals surface area (Å²) in [6.07, 6.45) is 1.56. The van der Waals surface area contributed by atoms with E-state index in [1.54, 1.807) is 31.2 Å². The van der Waals surface area contributed by atoms with Gasteiger partial charge in [0.2, 0.25) is 5.91 Å². The van der Waals surface area contributed by atoms with E-state index in [1.165, 1.54) is 0 Å². The second-order valence-corrected chi connectivity index (χ2v) is 6.43. The molecule has 7 nitrogen and oxygen atoms in total. The average molecular weight is 395 g/mol. The molecule has 0 saturated heterocycles. The Morgan fingerprint density at radius 2 is 1.79 bits per heavy atom. The number of fused-ring (bicyclic) bond motifs is 1. The fraction of sp³-hybridized carbons (Fsp3) is 0.273. The van der Waals surface area contributed by atoms with Gasteiger partial charge >= 0.3 is 6.09 Å². The van der Waals surface area contributed by atoms with Crippen LogP contribution in [-0.4, -0.2) is 36.2 Å². The standard InChI is InChI=1S/C22H25N3O4/c1-3-28-17-11-9-16(10-12-17)24-21(26)20(25-22(27)29-4-2)13-15-14-23-19-8-6-5-7-18(15)19/h5-12,14,20,23H,3-4,13H2,1-2H3,(H,24,26)(H,25,27)/t20-/m1/s1. The maximum atomic E-state index is 12.9. The highest BCUT2D eigenvalue weighted by Gasteiger charge is 2.23. The topological polar surface area (TPSA) is 92.5 Å². The molecule has 0 unspecified atom stereocenters. The van der Waals surface area contributed by atoms with Crippen molar-refractivity contribution in [3.8, 4) is 5.75 Å². The zero-order valence-corrected chi connectivity index (χ0v) is 16.5. The number of amides is 2. The molecule has 3 rings (SSSR count). The molecule has 0 aliphatic heterocycles. The number of carbonyl (C=O) groups excluding carboxylic acids is 2. The van der Waals surface area contributed by atoms with Gasteiger partial charge in [0.1, 0.15) is 11.8 Å². The predicted octanol–water partition coefficient (Wildman–Crippen LogP) is 3.86. The van der Waals surface area contributed by atoms with Crippen LogP contribution in [0.1, 0.15) is 19.4 Å². The van der Waals surface area contributed by atoms with E-state index in [2.05, 4.69) is 15.6 Å². The van der Waals surface area contributed by atoms with E-state index in [-0.39, 0.29) is 12.5 Å². The molecule has 2 aromatic carbocycles. The summed E-state index contributed by atoms with van der Waals surface area (Å²) in [5, 5.41) is 6.52. The van der Waals surface area contributed by atoms with Crippen molar-refractivity contribution in [1.29, 1.82) is 0 Å². The highest BCUT2D eigenvalue weighted by atomic mass is 16.5. The third kappa shape index (κ3) is 5.28. The minimum absolute atomic E-state index is 0.228. The van der Waals surface area contributed by atoms with Gasteiger partial charge in [-0.1, -0.05) is 18.2 Å². The van der Waals surface area contributed by atoms with Crippen LogP contribution in [0.3, 0.4) is 0 Å². The molecule has 1 atom stereocenters. The average Bonchev–Trinajstić information content (AvgIpc) is 3.12. The van der Waals surface area contributed by atoms with Gasteiger partial charge in [0, 0.05) is 29.2 Å². The third-order valence-corrected chi connectivity index (χ3v) is 4.42. The van der Waals surface area contributed by atoms with E-state index < -0.39 is 12.1 Å². The highest BCUT2D eigenvalue weighted by Crippen LogP contribution is 2.20. The van der Waals surface area contributed by atoms with Crippen LogP contribution >= 0.6 is 0 Å². The Hall–Kier alpha value is -3.48. The van der Waals surface area contributed by atoms with Gasteiger partial charge in [-0.2, -0.15) is 0 Å². The van der Waals surface area contributed by atoms with Crippen LogP contribution in [0.25, 0.3) is 10.9 Å². The number of hydrogen-bond acceptors (Lipinski definition) is 4. The molecule has 3 N–H and O–H groups in total. The van der Waals surface area contributed by atoms with Crippen LogP contribution in [0, 0.1) is 0 Å². The summed E-state index contributed by atoms with van der Waals surface area (Å²) in [6.45, 7) is 4.42. The Morgan fingerprint density at radius 1 is 1.03 bits per heavy atom. The van der Waals surface area contributed by atoms with E-state index in [0.29, 0.717) is 18.7 Å². The Morgan fingerprint density at radius 3 is 2.52 bits per heavy atom. The van der Waals surface area contributed by atoms with Crippen molar-refractivity contribution >= 4 is 28.6 Å². The van der Waals surface area contributed by atoms with Gasteiger partial charge in [0.25, 0.3) is 0 Å². The number of anilines is 1. The Labute approximate surface area is 169 Å². The molecule has 29 heavy (non-hydrogen) atoms. The Kier molecular flexibility index (Phi) is 6.73. The molecular weight excluding hydrogens is 370 g/mol. The number of nitrogens with one attached hydrogen (secondary N) is 3. The van der Waals surface area contributed by atoms with Crippen LogP contribution in [-0.2, 0) is 16.0 Å². The van der Waals surface area contributed by atoms with Crippen LogP contribution in [0.4, 0.5) is 10.5 Å². The van der Waals surface area contributed by atoms with Gasteiger partial charge in [-0.25, -0.2) is 4.79 Å². The van der Waals surface area contributed by atoms with Crippen molar-refractivity contribution in [2.45, 2.75) is 26.3 Å². The summed E-state index contributed by atoms with van der Waals surface area (Å²) in [4.78, 5) is 28.1. The smallest absolute Gasteiger partial charge is 0.407 e. The maximum Gasteiger partial charge on any atom is 0.407 e. The molecule has 0 fully saturated rings. The Balaban J connectivity index is 1.76. The first-order valence-electron chi connectivity index (χ1n) is 9.62. The van der Waals surface area contributed by atoms with Gasteiger partial charge in [0.15, 0.2) is 0 Å². The second-order valence-electron chi connectivity index (χ2n) is 6.43. The summed E-state index contributed by atoms with van der Waals surface area (Å²) in [5.41, 5.74) is 2.53. The van der Waals surface area contributed by atoms with E-state index in [1.807, 2.05) is 37.4 Å². The minimum atomic E-state index is -0.792. The molecule has 0 spiro atoms. The SMILES string of the molecule is CCOC(=O)N[C@H](Cc1c[nH]c2ccccc12)C(=O)Nc1ccc(OCC)cc1. The number of aromatic nitrogens is 1. The summed E-state index contributed by atoms with van der Waals surface area (Å²) < 4.78 is 10.4. The first-order chi connectivity index (χ1) is 14.1. The summed E-state index contributed by atoms with van der Waals surface area (Å²) >= 11 is 0. The number of carbonyl (C=O) groups is 2. The first kappa shape index (κ1) is 20.3. The summed E-state index contributed by atoms with van der Waals surface area (Å²) in [5.74, 6) is 0.401. The highest BCUT2D eigenvalue weighted by molar-refractivity contribution is 5.97. The molecule has 0 bridgehead atoms. The Bertz CT molecular complexity index is 966. The lowest BCUT2D eigenvalue weighted by Gasteiger charge is -2.18. The largest absolute Gasteiger partial charge is 0.494 e. The van der Waals surface area contributed by atoms with Crippen molar-refractivity contribution in [2.75, 3.05) is 18.5 Å². The molecule has 1 heterocycles. The molecule has 0 aliphatic rings. The lowest BCUT2D eigenvalue weighted by molar-refractivity contribution is -0.118. The van der Waals surface area contributed by atoms with E-state index in [4.69, 9.17) is 9.47 Å². The minimum Gasteiger partial charge on any atom is -0.494 e. The predicted molar refractivity (Wildman–Crippen MR) is 112 cm³/mol. The number of alkyl carbamates (subject to hydrolysis) is 1. The van der Waals surface area contributed by atoms with Gasteiger partial charge < -0.3 is 25.1 Å². The number of aromatic amines is 1. The van der Waals surface area contributed by atoms with Crippen LogP contribution in [0.2, 0.25) is 0 Å². The molecule has 1 aromatic heterocycles. The van der Waals surface area contributed by atoms with Crippen LogP contribution in [0.5, 0.6) is 5.75 Å². The zero-order valence-electron chi connectivity index (χ0n) is 16.5. The van der Waals surface area contributed by atoms with Gasteiger partial charge in [-0.3, -0.25) is 4.79 Å². The van der Waals surface area contributed by atoms with E-state index in [9.17, 15) is 9.59 Å². The van der Waals surface area contributed by atoms with Crippen molar-refractivity contribution < 1.29 is 19.1 Å². The molecule has 0 saturated carbocycles. The second kappa shape index (κ2) is 9.64. The number of benzene rings is 2. The normalized spacial score (nSPS) is 11.7. The zero-order chi connectivity index (χ0) is 20.6. The summed E-state index contributed by atoms with van der Waals surface area (Å²) in [6, 6.07) is 14.1. The number of para-hydroxylation sites is 1. The monoisotopic (exact) mass is 395 g/mol. The number of rotatable bonds is 8. The molecule has 3 aromatic rings. The molecule has 152 valence electrons. The van der Waals surface area contributed by atoms with Gasteiger partial charge in [0.05, 0.1) is 13.2 Å². The maximum absolute atomic E-state index is 12.9. The fourth-order valence-electron chi connectivity index (χ4n) is 3.08. The number of ether oxygens (including phenoxy) is 2. The van der Waals surface area contributed by atoms with Crippen molar-refractivity contribution in [3.63, 3.8) is 0 Å². The molecular formula is C22H25N3O4. The number of H-pyrrole nitrogens is 1. The molecule has 0 radical (unpaired) electrons. The van der Waals surface area contributed by atoms with Gasteiger partial charge in [-0.15, -0.1) is 0 Å². The lowest BCUT2D eigenvalue weighted by Crippen LogP contribution is -2.45. The number of hydrogen-bond donors (Lipinski definition) is 3. The molecule has 7 heteroatoms. The van der Waals surface area contributed by atoms with Gasteiger partial charge in [-0.05, 0) is 49.7 Å². The third-order valence-electron chi connectivity index (χ3n) is 4.42. The fourth-order valence-corrected chi connectivity index (χ4v) is 3.08. The van der Waals surface area contributed by atoms with Crippen LogP contribution in [0.15, 0.2) is 54.7 Å². The first-order valence-corrected chi connectivity index (χ1v) is 9.62. The van der Waals surface area contributed by atoms with Crippen molar-refractivity contribution in [3.05, 3.63) is 60.3 Å². The lowest BCUT2D eigenvalue weighted by atomic mass is 10.0. The van der Waals surface area contributed by atoms with E-state index >= 15 is 0 Å². The molecule has 2 amide bonds. The summed E-state index contributed by atoms with van der Waals surface area (Å²) in [7, 11) is 0. The van der Waals surface area contributed by atoms with E-state index in [0.717, 1.165) is 22.2 Å². The quantitative estimate of drug-likeness (QED) is 0.540. The van der Waals surface area contributed by atoms with Crippen LogP contribution < -0.4 is 15.4 Å².